The molecule has 0 spiro atoms. The highest BCUT2D eigenvalue weighted by atomic mass is 16.6. The van der Waals surface area contributed by atoms with E-state index in [0.29, 0.717) is 18.4 Å². The maximum atomic E-state index is 12.5. The van der Waals surface area contributed by atoms with Crippen molar-refractivity contribution in [3.8, 4) is 0 Å². The second-order valence-electron chi connectivity index (χ2n) is 8.84. The lowest BCUT2D eigenvalue weighted by Gasteiger charge is -2.27. The van der Waals surface area contributed by atoms with E-state index < -0.39 is 5.60 Å². The molecule has 26 heavy (non-hydrogen) atoms. The third-order valence-electron chi connectivity index (χ3n) is 5.48. The molecule has 146 valence electrons. The van der Waals surface area contributed by atoms with E-state index in [1.54, 1.807) is 4.90 Å². The summed E-state index contributed by atoms with van der Waals surface area (Å²) in [5, 5.41) is 0. The van der Waals surface area contributed by atoms with Crippen LogP contribution in [0.15, 0.2) is 10.7 Å². The molecule has 0 N–H and O–H groups in total. The molecular formula is C21H34N2O3. The van der Waals surface area contributed by atoms with Crippen molar-refractivity contribution < 1.29 is 13.9 Å². The van der Waals surface area contributed by atoms with Crippen LogP contribution in [0.1, 0.15) is 109 Å². The topological polar surface area (TPSA) is 55.6 Å². The van der Waals surface area contributed by atoms with Crippen LogP contribution < -0.4 is 0 Å². The molecule has 1 aliphatic carbocycles. The van der Waals surface area contributed by atoms with Gasteiger partial charge in [0.15, 0.2) is 0 Å². The van der Waals surface area contributed by atoms with E-state index in [2.05, 4.69) is 0 Å². The Balaban J connectivity index is 1.68. The Morgan fingerprint density at radius 2 is 1.73 bits per heavy atom. The first-order chi connectivity index (χ1) is 12.4. The molecule has 1 amide bonds. The maximum Gasteiger partial charge on any atom is 0.410 e. The van der Waals surface area contributed by atoms with Crippen LogP contribution in [0.2, 0.25) is 0 Å². The predicted octanol–water partition coefficient (Wildman–Crippen LogP) is 5.96. The van der Waals surface area contributed by atoms with Crippen molar-refractivity contribution in [3.05, 3.63) is 17.8 Å². The molecule has 1 saturated heterocycles. The highest BCUT2D eigenvalue weighted by Gasteiger charge is 2.36. The van der Waals surface area contributed by atoms with Crippen molar-refractivity contribution in [2.24, 2.45) is 0 Å². The fraction of sp³-hybridized carbons (Fsp3) is 0.810. The van der Waals surface area contributed by atoms with Crippen LogP contribution in [0, 0.1) is 0 Å². The summed E-state index contributed by atoms with van der Waals surface area (Å²) in [7, 11) is 0. The Kier molecular flexibility index (Phi) is 6.25. The maximum absolute atomic E-state index is 12.5. The van der Waals surface area contributed by atoms with Crippen LogP contribution >= 0.6 is 0 Å². The van der Waals surface area contributed by atoms with Gasteiger partial charge < -0.3 is 9.15 Å². The van der Waals surface area contributed by atoms with E-state index in [1.165, 1.54) is 51.4 Å². The molecule has 1 aliphatic heterocycles. The number of rotatable bonds is 2. The van der Waals surface area contributed by atoms with Gasteiger partial charge in [0, 0.05) is 12.5 Å². The largest absolute Gasteiger partial charge is 0.446 e. The summed E-state index contributed by atoms with van der Waals surface area (Å²) >= 11 is 0. The van der Waals surface area contributed by atoms with Gasteiger partial charge in [0.05, 0.1) is 5.69 Å². The van der Waals surface area contributed by atoms with Crippen LogP contribution in [0.3, 0.4) is 0 Å². The number of hydrogen-bond acceptors (Lipinski definition) is 4. The average molecular weight is 363 g/mol. The highest BCUT2D eigenvalue weighted by molar-refractivity contribution is 5.69. The van der Waals surface area contributed by atoms with Gasteiger partial charge in [-0.2, -0.15) is 0 Å². The molecule has 0 bridgehead atoms. The number of amides is 1. The standard InChI is InChI=1S/C21H34N2O3/c1-21(2,3)26-20(24)23-14-10-13-18(23)19-22-17(15-25-19)16-11-8-6-4-5-7-9-12-16/h15-16,18H,4-14H2,1-3H3/t18-/m0/s1. The van der Waals surface area contributed by atoms with Crippen molar-refractivity contribution in [1.29, 1.82) is 0 Å². The first-order valence-electron chi connectivity index (χ1n) is 10.4. The number of carbonyl (C=O) groups is 1. The molecule has 0 unspecified atom stereocenters. The normalized spacial score (nSPS) is 23.3. The Hall–Kier alpha value is -1.52. The summed E-state index contributed by atoms with van der Waals surface area (Å²) in [5.74, 6) is 1.19. The van der Waals surface area contributed by atoms with E-state index in [4.69, 9.17) is 14.1 Å². The van der Waals surface area contributed by atoms with Gasteiger partial charge >= 0.3 is 6.09 Å². The molecular weight excluding hydrogens is 328 g/mol. The minimum absolute atomic E-state index is 0.0880. The van der Waals surface area contributed by atoms with Gasteiger partial charge in [0.2, 0.25) is 5.89 Å². The molecule has 0 radical (unpaired) electrons. The molecule has 2 fully saturated rings. The number of nitrogens with zero attached hydrogens (tertiary/aromatic N) is 2. The molecule has 1 aromatic heterocycles. The molecule has 5 heteroatoms. The van der Waals surface area contributed by atoms with Crippen molar-refractivity contribution in [3.63, 3.8) is 0 Å². The summed E-state index contributed by atoms with van der Waals surface area (Å²) < 4.78 is 11.4. The fourth-order valence-electron chi connectivity index (χ4n) is 4.13. The molecule has 1 saturated carbocycles. The monoisotopic (exact) mass is 362 g/mol. The minimum Gasteiger partial charge on any atom is -0.446 e. The van der Waals surface area contributed by atoms with Gasteiger partial charge in [-0.3, -0.25) is 4.90 Å². The molecule has 1 aromatic rings. The van der Waals surface area contributed by atoms with Gasteiger partial charge in [0.25, 0.3) is 0 Å². The lowest BCUT2D eigenvalue weighted by Crippen LogP contribution is -2.36. The Labute approximate surface area is 157 Å². The second-order valence-corrected chi connectivity index (χ2v) is 8.84. The average Bonchev–Trinajstić information content (AvgIpc) is 3.24. The summed E-state index contributed by atoms with van der Waals surface area (Å²) in [6, 6.07) is -0.0880. The number of likely N-dealkylation sites (tertiary alicyclic amines) is 1. The molecule has 2 heterocycles. The minimum atomic E-state index is -0.483. The van der Waals surface area contributed by atoms with Gasteiger partial charge in [-0.15, -0.1) is 0 Å². The van der Waals surface area contributed by atoms with E-state index in [0.717, 1.165) is 18.5 Å². The first-order valence-corrected chi connectivity index (χ1v) is 10.4. The van der Waals surface area contributed by atoms with Crippen LogP contribution in [0.25, 0.3) is 0 Å². The van der Waals surface area contributed by atoms with Crippen molar-refractivity contribution in [1.82, 2.24) is 9.88 Å². The molecule has 1 atom stereocenters. The summed E-state index contributed by atoms with van der Waals surface area (Å²) in [6.45, 7) is 6.41. The Bertz CT molecular complexity index is 580. The smallest absolute Gasteiger partial charge is 0.410 e. The summed E-state index contributed by atoms with van der Waals surface area (Å²) in [4.78, 5) is 19.1. The third kappa shape index (κ3) is 5.01. The third-order valence-corrected chi connectivity index (χ3v) is 5.48. The van der Waals surface area contributed by atoms with E-state index in [9.17, 15) is 4.79 Å². The zero-order valence-electron chi connectivity index (χ0n) is 16.6. The molecule has 0 aromatic carbocycles. The lowest BCUT2D eigenvalue weighted by atomic mass is 9.94. The van der Waals surface area contributed by atoms with Gasteiger partial charge in [0.1, 0.15) is 17.9 Å². The lowest BCUT2D eigenvalue weighted by molar-refractivity contribution is 0.0204. The van der Waals surface area contributed by atoms with Crippen LogP contribution in [0.4, 0.5) is 4.79 Å². The van der Waals surface area contributed by atoms with Gasteiger partial charge in [-0.05, 0) is 46.5 Å². The van der Waals surface area contributed by atoms with E-state index in [-0.39, 0.29) is 12.1 Å². The van der Waals surface area contributed by atoms with Crippen molar-refractivity contribution >= 4 is 6.09 Å². The molecule has 5 nitrogen and oxygen atoms in total. The predicted molar refractivity (Wildman–Crippen MR) is 101 cm³/mol. The van der Waals surface area contributed by atoms with Crippen LogP contribution in [0.5, 0.6) is 0 Å². The SMILES string of the molecule is CC(C)(C)OC(=O)N1CCC[C@H]1c1nc(C2CCCCCCCC2)co1. The quantitative estimate of drug-likeness (QED) is 0.651. The number of ether oxygens (including phenoxy) is 1. The first kappa shape index (κ1) is 19.2. The molecule has 3 rings (SSSR count). The summed E-state index contributed by atoms with van der Waals surface area (Å²) in [6.07, 6.45) is 13.8. The van der Waals surface area contributed by atoms with Gasteiger partial charge in [-0.1, -0.05) is 38.5 Å². The molecule has 2 aliphatic rings. The van der Waals surface area contributed by atoms with Crippen molar-refractivity contribution in [2.75, 3.05) is 6.54 Å². The zero-order valence-corrected chi connectivity index (χ0v) is 16.6. The second kappa shape index (κ2) is 8.45. The summed E-state index contributed by atoms with van der Waals surface area (Å²) in [5.41, 5.74) is 0.599. The number of aromatic nitrogens is 1. The van der Waals surface area contributed by atoms with Crippen LogP contribution in [-0.4, -0.2) is 28.1 Å². The number of carbonyl (C=O) groups excluding carboxylic acids is 1. The van der Waals surface area contributed by atoms with Crippen molar-refractivity contribution in [2.45, 2.75) is 103 Å². The zero-order chi connectivity index (χ0) is 18.6. The highest BCUT2D eigenvalue weighted by Crippen LogP contribution is 2.35. The van der Waals surface area contributed by atoms with E-state index in [1.807, 2.05) is 27.0 Å². The number of hydrogen-bond donors (Lipinski definition) is 0. The Morgan fingerprint density at radius 1 is 1.08 bits per heavy atom. The van der Waals surface area contributed by atoms with E-state index >= 15 is 0 Å². The van der Waals surface area contributed by atoms with Gasteiger partial charge in [-0.25, -0.2) is 9.78 Å². The Morgan fingerprint density at radius 3 is 2.38 bits per heavy atom. The fourth-order valence-corrected chi connectivity index (χ4v) is 4.13. The van der Waals surface area contributed by atoms with Crippen LogP contribution in [-0.2, 0) is 4.74 Å². The number of oxazole rings is 1.